The fourth-order valence-electron chi connectivity index (χ4n) is 0.742. The molecule has 0 fully saturated rings. The van der Waals surface area contributed by atoms with E-state index in [1.54, 1.807) is 0 Å². The number of methoxy groups -OCH3 is 1. The summed E-state index contributed by atoms with van der Waals surface area (Å²) in [6.07, 6.45) is 0. The Hall–Kier alpha value is -0.750. The lowest BCUT2D eigenvalue weighted by molar-refractivity contribution is 0.0601. The van der Waals surface area contributed by atoms with E-state index in [2.05, 4.69) is 11.4 Å². The van der Waals surface area contributed by atoms with E-state index in [0.717, 1.165) is 0 Å². The predicted molar refractivity (Wildman–Crippen MR) is 41.5 cm³/mol. The number of esters is 1. The minimum absolute atomic E-state index is 0.186. The maximum atomic E-state index is 10.8. The molecule has 0 N–H and O–H groups in total. The maximum Gasteiger partial charge on any atom is 0.338 e. The second kappa shape index (κ2) is 2.89. The number of carbonyl (C=O) groups excluding carboxylic acids is 1. The molecule has 1 atom stereocenters. The summed E-state index contributed by atoms with van der Waals surface area (Å²) < 4.78 is 4.53. The lowest BCUT2D eigenvalue weighted by Crippen LogP contribution is -1.97. The number of aryl methyl sites for hydroxylation is 1. The Balaban J connectivity index is 2.85. The topological polar surface area (TPSA) is 26.3 Å². The average molecular weight is 156 g/mol. The van der Waals surface area contributed by atoms with Crippen LogP contribution in [0.15, 0.2) is 17.7 Å². The first-order chi connectivity index (χ1) is 4.74. The van der Waals surface area contributed by atoms with E-state index >= 15 is 0 Å². The molecule has 0 aromatic carbocycles. The largest absolute Gasteiger partial charge is 0.465 e. The molecule has 10 heavy (non-hydrogen) atoms. The summed E-state index contributed by atoms with van der Waals surface area (Å²) in [5, 5.41) is 0. The molecule has 1 rings (SSSR count). The van der Waals surface area contributed by atoms with Gasteiger partial charge in [-0.15, -0.1) is 7.53 Å². The highest BCUT2D eigenvalue weighted by molar-refractivity contribution is 7.46. The van der Waals surface area contributed by atoms with Gasteiger partial charge in [0.2, 0.25) is 0 Å². The molecule has 0 saturated heterocycles. The molecule has 3 heteroatoms. The van der Waals surface area contributed by atoms with Gasteiger partial charge in [-0.1, -0.05) is 0 Å². The Morgan fingerprint density at radius 1 is 1.70 bits per heavy atom. The molecule has 0 aliphatic heterocycles. The fraction of sp³-hybridized carbons (Fsp3) is 0.286. The molecule has 2 nitrogen and oxygen atoms in total. The van der Waals surface area contributed by atoms with E-state index < -0.39 is 0 Å². The number of hydrogen-bond acceptors (Lipinski definition) is 2. The van der Waals surface area contributed by atoms with Crippen molar-refractivity contribution in [2.45, 2.75) is 0 Å². The third-order valence-corrected chi connectivity index (χ3v) is 2.56. The molecule has 0 amide bonds. The molecule has 1 unspecified atom stereocenters. The number of carbonyl (C=O) groups is 1. The second-order valence-corrected chi connectivity index (χ2v) is 3.94. The Kier molecular flexibility index (Phi) is 2.13. The first-order valence-corrected chi connectivity index (χ1v) is 4.87. The molecular formula is C7H9O2P. The Morgan fingerprint density at radius 2 is 2.40 bits per heavy atom. The van der Waals surface area contributed by atoms with Crippen LogP contribution < -0.4 is 0 Å². The monoisotopic (exact) mass is 156 g/mol. The van der Waals surface area contributed by atoms with Crippen molar-refractivity contribution in [3.63, 3.8) is 0 Å². The van der Waals surface area contributed by atoms with Crippen molar-refractivity contribution in [1.29, 1.82) is 0 Å². The van der Waals surface area contributed by atoms with Crippen LogP contribution in [0.4, 0.5) is 0 Å². The van der Waals surface area contributed by atoms with Gasteiger partial charge in [0, 0.05) is 0 Å². The van der Waals surface area contributed by atoms with Gasteiger partial charge in [-0.05, 0) is 24.3 Å². The lowest BCUT2D eigenvalue weighted by atomic mass is 10.4. The molecular weight excluding hydrogens is 147 g/mol. The number of hydrogen-bond donors (Lipinski definition) is 0. The quantitative estimate of drug-likeness (QED) is 0.581. The summed E-state index contributed by atoms with van der Waals surface area (Å²) in [6, 6.07) is 1.82. The van der Waals surface area contributed by atoms with Crippen molar-refractivity contribution < 1.29 is 9.53 Å². The highest BCUT2D eigenvalue weighted by atomic mass is 31.1. The van der Waals surface area contributed by atoms with Gasteiger partial charge in [-0.2, -0.15) is 0 Å². The van der Waals surface area contributed by atoms with E-state index in [1.165, 1.54) is 7.11 Å². The summed E-state index contributed by atoms with van der Waals surface area (Å²) in [5.74, 6) is 3.74. The van der Waals surface area contributed by atoms with Crippen molar-refractivity contribution in [3.8, 4) is 0 Å². The normalized spacial score (nSPS) is 11.2. The molecule has 0 aliphatic carbocycles. The van der Waals surface area contributed by atoms with Crippen LogP contribution in [0.1, 0.15) is 10.4 Å². The zero-order chi connectivity index (χ0) is 7.56. The third-order valence-electron chi connectivity index (χ3n) is 1.25. The molecule has 0 spiro atoms. The third kappa shape index (κ3) is 1.39. The SMILES string of the molecule is COC(=O)c1ccp(C)c1. The van der Waals surface area contributed by atoms with Crippen LogP contribution >= 0.6 is 7.53 Å². The highest BCUT2D eigenvalue weighted by Gasteiger charge is 2.04. The van der Waals surface area contributed by atoms with Crippen molar-refractivity contribution >= 4 is 13.5 Å². The molecule has 0 aliphatic rings. The standard InChI is InChI=1S/C7H9O2P/c1-9-7(8)6-3-4-10(2)5-6/h3-5H,1-2H3. The average Bonchev–Trinajstić information content (AvgIpc) is 2.34. The first-order valence-electron chi connectivity index (χ1n) is 2.94. The Labute approximate surface area is 60.9 Å². The van der Waals surface area contributed by atoms with E-state index in [-0.39, 0.29) is 13.5 Å². The van der Waals surface area contributed by atoms with Crippen molar-refractivity contribution in [2.24, 2.45) is 6.66 Å². The molecule has 0 saturated carbocycles. The van der Waals surface area contributed by atoms with Crippen LogP contribution in [-0.2, 0) is 11.4 Å². The summed E-state index contributed by atoms with van der Waals surface area (Å²) >= 11 is 0. The van der Waals surface area contributed by atoms with E-state index in [9.17, 15) is 4.79 Å². The predicted octanol–water partition coefficient (Wildman–Crippen LogP) is 2.00. The maximum absolute atomic E-state index is 10.8. The van der Waals surface area contributed by atoms with Crippen LogP contribution in [0.3, 0.4) is 0 Å². The second-order valence-electron chi connectivity index (χ2n) is 2.06. The van der Waals surface area contributed by atoms with Gasteiger partial charge in [-0.3, -0.25) is 0 Å². The van der Waals surface area contributed by atoms with Gasteiger partial charge in [0.15, 0.2) is 0 Å². The summed E-state index contributed by atoms with van der Waals surface area (Å²) in [5.41, 5.74) is 0.691. The minimum atomic E-state index is -0.233. The van der Waals surface area contributed by atoms with E-state index in [0.29, 0.717) is 5.56 Å². The van der Waals surface area contributed by atoms with Gasteiger partial charge in [0.1, 0.15) is 0 Å². The van der Waals surface area contributed by atoms with Crippen LogP contribution in [0.5, 0.6) is 0 Å². The van der Waals surface area contributed by atoms with Gasteiger partial charge in [0.25, 0.3) is 0 Å². The molecule has 0 bridgehead atoms. The van der Waals surface area contributed by atoms with Crippen molar-refractivity contribution in [2.75, 3.05) is 7.11 Å². The van der Waals surface area contributed by atoms with Crippen molar-refractivity contribution in [3.05, 3.63) is 23.2 Å². The molecule has 0 radical (unpaired) electrons. The number of ether oxygens (including phenoxy) is 1. The van der Waals surface area contributed by atoms with E-state index in [1.807, 2.05) is 17.7 Å². The van der Waals surface area contributed by atoms with Crippen LogP contribution in [-0.4, -0.2) is 13.1 Å². The van der Waals surface area contributed by atoms with Gasteiger partial charge < -0.3 is 4.74 Å². The number of rotatable bonds is 1. The van der Waals surface area contributed by atoms with Crippen molar-refractivity contribution in [1.82, 2.24) is 0 Å². The molecule has 54 valence electrons. The van der Waals surface area contributed by atoms with Gasteiger partial charge in [-0.25, -0.2) is 4.79 Å². The Morgan fingerprint density at radius 3 is 2.80 bits per heavy atom. The molecule has 1 aromatic heterocycles. The fourth-order valence-corrected chi connectivity index (χ4v) is 1.85. The van der Waals surface area contributed by atoms with Crippen LogP contribution in [0.25, 0.3) is 0 Å². The molecule has 1 aromatic rings. The summed E-state index contributed by atoms with van der Waals surface area (Å²) in [7, 11) is 1.21. The smallest absolute Gasteiger partial charge is 0.338 e. The van der Waals surface area contributed by atoms with Crippen LogP contribution in [0.2, 0.25) is 0 Å². The zero-order valence-corrected chi connectivity index (χ0v) is 6.89. The summed E-state index contributed by atoms with van der Waals surface area (Å²) in [6.45, 7) is 2.09. The molecule has 1 heterocycles. The zero-order valence-electron chi connectivity index (χ0n) is 6.00. The Bertz CT molecular complexity index is 240. The van der Waals surface area contributed by atoms with Crippen LogP contribution in [0, 0.1) is 0 Å². The highest BCUT2D eigenvalue weighted by Crippen LogP contribution is 2.24. The van der Waals surface area contributed by atoms with E-state index in [4.69, 9.17) is 0 Å². The first kappa shape index (κ1) is 7.36. The van der Waals surface area contributed by atoms with Gasteiger partial charge >= 0.3 is 5.97 Å². The van der Waals surface area contributed by atoms with Gasteiger partial charge in [0.05, 0.1) is 12.7 Å². The minimum Gasteiger partial charge on any atom is -0.465 e. The summed E-state index contributed by atoms with van der Waals surface area (Å²) in [4.78, 5) is 10.8. The lowest BCUT2D eigenvalue weighted by Gasteiger charge is -1.91.